The van der Waals surface area contributed by atoms with Crippen molar-refractivity contribution < 1.29 is 14.3 Å². The highest BCUT2D eigenvalue weighted by molar-refractivity contribution is 7.07. The zero-order valence-corrected chi connectivity index (χ0v) is 14.0. The van der Waals surface area contributed by atoms with Gasteiger partial charge < -0.3 is 15.4 Å². The quantitative estimate of drug-likeness (QED) is 0.870. The Bertz CT molecular complexity index is 703. The van der Waals surface area contributed by atoms with Crippen molar-refractivity contribution in [2.24, 2.45) is 0 Å². The van der Waals surface area contributed by atoms with Gasteiger partial charge in [0.05, 0.1) is 11.2 Å². The van der Waals surface area contributed by atoms with Crippen LogP contribution in [0.4, 0.5) is 0 Å². The molecule has 1 fully saturated rings. The summed E-state index contributed by atoms with van der Waals surface area (Å²) in [6, 6.07) is 6.47. The molecule has 0 aliphatic carbocycles. The number of aromatic nitrogens is 1. The van der Waals surface area contributed by atoms with Crippen LogP contribution in [-0.4, -0.2) is 29.4 Å². The van der Waals surface area contributed by atoms with Crippen LogP contribution in [0, 0.1) is 0 Å². The Morgan fingerprint density at radius 1 is 1.42 bits per heavy atom. The van der Waals surface area contributed by atoms with E-state index in [2.05, 4.69) is 15.6 Å². The number of thiazole rings is 1. The Morgan fingerprint density at radius 2 is 2.33 bits per heavy atom. The summed E-state index contributed by atoms with van der Waals surface area (Å²) in [6.07, 6.45) is 2.52. The molecule has 0 saturated carbocycles. The molecule has 1 aliphatic rings. The van der Waals surface area contributed by atoms with E-state index in [1.165, 1.54) is 11.3 Å². The first-order chi connectivity index (χ1) is 11.7. The summed E-state index contributed by atoms with van der Waals surface area (Å²) in [4.78, 5) is 28.5. The number of benzene rings is 1. The number of hydrogen-bond acceptors (Lipinski definition) is 5. The first-order valence-electron chi connectivity index (χ1n) is 7.91. The van der Waals surface area contributed by atoms with Crippen LogP contribution in [0.3, 0.4) is 0 Å². The first-order valence-corrected chi connectivity index (χ1v) is 8.85. The van der Waals surface area contributed by atoms with Crippen LogP contribution >= 0.6 is 11.3 Å². The lowest BCUT2D eigenvalue weighted by Crippen LogP contribution is -2.45. The van der Waals surface area contributed by atoms with Crippen molar-refractivity contribution in [3.63, 3.8) is 0 Å². The third kappa shape index (κ3) is 4.32. The number of hydrogen-bond donors (Lipinski definition) is 2. The molecular weight excluding hydrogens is 326 g/mol. The Morgan fingerprint density at radius 3 is 3.17 bits per heavy atom. The monoisotopic (exact) mass is 345 g/mol. The van der Waals surface area contributed by atoms with Gasteiger partial charge in [-0.2, -0.15) is 0 Å². The molecule has 2 aromatic rings. The van der Waals surface area contributed by atoms with E-state index in [0.29, 0.717) is 30.9 Å². The summed E-state index contributed by atoms with van der Waals surface area (Å²) in [5.74, 6) is 0.217. The molecular formula is C17H19N3O3S. The van der Waals surface area contributed by atoms with E-state index in [-0.39, 0.29) is 11.8 Å². The number of nitrogens with one attached hydrogen (secondary N) is 2. The molecule has 6 nitrogen and oxygen atoms in total. The second-order valence-electron chi connectivity index (χ2n) is 5.61. The third-order valence-electron chi connectivity index (χ3n) is 3.81. The number of carbonyl (C=O) groups is 2. The summed E-state index contributed by atoms with van der Waals surface area (Å²) in [5.41, 5.74) is 3.08. The van der Waals surface area contributed by atoms with Crippen LogP contribution in [0.1, 0.15) is 35.3 Å². The van der Waals surface area contributed by atoms with E-state index in [4.69, 9.17) is 4.74 Å². The molecule has 1 atom stereocenters. The second kappa shape index (κ2) is 7.92. The summed E-state index contributed by atoms with van der Waals surface area (Å²) in [7, 11) is 0. The van der Waals surface area contributed by atoms with E-state index in [1.807, 2.05) is 5.38 Å². The highest BCUT2D eigenvalue weighted by Crippen LogP contribution is 2.16. The van der Waals surface area contributed by atoms with Crippen LogP contribution in [0.5, 0.6) is 5.75 Å². The zero-order valence-electron chi connectivity index (χ0n) is 13.2. The van der Waals surface area contributed by atoms with Crippen molar-refractivity contribution in [1.29, 1.82) is 0 Å². The fraction of sp³-hybridized carbons (Fsp3) is 0.353. The second-order valence-corrected chi connectivity index (χ2v) is 6.33. The van der Waals surface area contributed by atoms with E-state index in [1.54, 1.807) is 29.8 Å². The molecule has 2 amide bonds. The number of carbonyl (C=O) groups excluding carboxylic acids is 2. The smallest absolute Gasteiger partial charge is 0.252 e. The van der Waals surface area contributed by atoms with Gasteiger partial charge in [0.1, 0.15) is 18.4 Å². The average Bonchev–Trinajstić information content (AvgIpc) is 3.04. The lowest BCUT2D eigenvalue weighted by molar-refractivity contribution is -0.122. The Labute approximate surface area is 144 Å². The van der Waals surface area contributed by atoms with E-state index in [0.717, 1.165) is 18.5 Å². The number of rotatable bonds is 5. The van der Waals surface area contributed by atoms with Gasteiger partial charge in [0.15, 0.2) is 0 Å². The predicted octanol–water partition coefficient (Wildman–Crippen LogP) is 2.12. The zero-order chi connectivity index (χ0) is 16.8. The molecule has 1 aromatic carbocycles. The lowest BCUT2D eigenvalue weighted by atomic mass is 10.1. The largest absolute Gasteiger partial charge is 0.487 e. The van der Waals surface area contributed by atoms with Crippen molar-refractivity contribution in [2.45, 2.75) is 31.9 Å². The molecule has 1 aromatic heterocycles. The third-order valence-corrected chi connectivity index (χ3v) is 4.44. The van der Waals surface area contributed by atoms with Crippen molar-refractivity contribution in [1.82, 2.24) is 15.6 Å². The minimum atomic E-state index is -0.473. The minimum Gasteiger partial charge on any atom is -0.487 e. The fourth-order valence-electron chi connectivity index (χ4n) is 2.51. The topological polar surface area (TPSA) is 80.3 Å². The van der Waals surface area contributed by atoms with Gasteiger partial charge in [-0.1, -0.05) is 6.07 Å². The molecule has 24 heavy (non-hydrogen) atoms. The van der Waals surface area contributed by atoms with Crippen LogP contribution in [-0.2, 0) is 11.4 Å². The van der Waals surface area contributed by atoms with Gasteiger partial charge in [-0.05, 0) is 37.5 Å². The number of ether oxygens (including phenoxy) is 1. The Kier molecular flexibility index (Phi) is 5.43. The normalized spacial score (nSPS) is 17.7. The molecule has 0 bridgehead atoms. The molecule has 0 radical (unpaired) electrons. The standard InChI is InChI=1S/C17H19N3O3S/c21-16(20-15-6-1-2-7-18-17(15)22)12-4-3-5-14(8-12)23-9-13-10-24-11-19-13/h3-5,8,10-11,15H,1-2,6-7,9H2,(H,18,22)(H,20,21). The predicted molar refractivity (Wildman–Crippen MR) is 91.0 cm³/mol. The van der Waals surface area contributed by atoms with E-state index >= 15 is 0 Å². The Balaban J connectivity index is 1.62. The van der Waals surface area contributed by atoms with Gasteiger partial charge >= 0.3 is 0 Å². The van der Waals surface area contributed by atoms with Gasteiger partial charge in [-0.25, -0.2) is 4.98 Å². The van der Waals surface area contributed by atoms with Crippen molar-refractivity contribution >= 4 is 23.2 Å². The summed E-state index contributed by atoms with van der Waals surface area (Å²) in [5, 5.41) is 7.54. The highest BCUT2D eigenvalue weighted by Gasteiger charge is 2.22. The molecule has 126 valence electrons. The SMILES string of the molecule is O=C(NC1CCCCNC1=O)c1cccc(OCc2cscn2)c1. The Hall–Kier alpha value is -2.41. The van der Waals surface area contributed by atoms with Crippen LogP contribution in [0.15, 0.2) is 35.2 Å². The lowest BCUT2D eigenvalue weighted by Gasteiger charge is -2.15. The summed E-state index contributed by atoms with van der Waals surface area (Å²) >= 11 is 1.51. The highest BCUT2D eigenvalue weighted by atomic mass is 32.1. The maximum absolute atomic E-state index is 12.4. The molecule has 1 saturated heterocycles. The van der Waals surface area contributed by atoms with Gasteiger partial charge in [-0.3, -0.25) is 9.59 Å². The van der Waals surface area contributed by atoms with E-state index < -0.39 is 6.04 Å². The van der Waals surface area contributed by atoms with Gasteiger partial charge in [0, 0.05) is 17.5 Å². The molecule has 1 aliphatic heterocycles. The van der Waals surface area contributed by atoms with Crippen molar-refractivity contribution in [3.05, 3.63) is 46.4 Å². The molecule has 2 N–H and O–H groups in total. The molecule has 0 spiro atoms. The number of nitrogens with zero attached hydrogens (tertiary/aromatic N) is 1. The maximum Gasteiger partial charge on any atom is 0.252 e. The molecule has 2 heterocycles. The van der Waals surface area contributed by atoms with Crippen LogP contribution in [0.25, 0.3) is 0 Å². The number of amides is 2. The molecule has 1 unspecified atom stereocenters. The first kappa shape index (κ1) is 16.4. The summed E-state index contributed by atoms with van der Waals surface area (Å²) < 4.78 is 5.66. The molecule has 3 rings (SSSR count). The molecule has 7 heteroatoms. The van der Waals surface area contributed by atoms with Crippen molar-refractivity contribution in [2.75, 3.05) is 6.54 Å². The van der Waals surface area contributed by atoms with Gasteiger partial charge in [0.25, 0.3) is 5.91 Å². The fourth-order valence-corrected chi connectivity index (χ4v) is 3.05. The maximum atomic E-state index is 12.4. The van der Waals surface area contributed by atoms with Crippen LogP contribution < -0.4 is 15.4 Å². The van der Waals surface area contributed by atoms with Crippen molar-refractivity contribution in [3.8, 4) is 5.75 Å². The summed E-state index contributed by atoms with van der Waals surface area (Å²) in [6.45, 7) is 1.03. The average molecular weight is 345 g/mol. The van der Waals surface area contributed by atoms with E-state index in [9.17, 15) is 9.59 Å². The van der Waals surface area contributed by atoms with Gasteiger partial charge in [0.2, 0.25) is 5.91 Å². The minimum absolute atomic E-state index is 0.114. The van der Waals surface area contributed by atoms with Crippen LogP contribution in [0.2, 0.25) is 0 Å². The van der Waals surface area contributed by atoms with Gasteiger partial charge in [-0.15, -0.1) is 11.3 Å².